The third-order valence-electron chi connectivity index (χ3n) is 2.71. The fourth-order valence-electron chi connectivity index (χ4n) is 1.60. The van der Waals surface area contributed by atoms with Gasteiger partial charge in [-0.3, -0.25) is 0 Å². The summed E-state index contributed by atoms with van der Waals surface area (Å²) in [6, 6.07) is 7.27. The average Bonchev–Trinajstić information content (AvgIpc) is 2.57. The van der Waals surface area contributed by atoms with Gasteiger partial charge in [-0.2, -0.15) is 0 Å². The van der Waals surface area contributed by atoms with Crippen molar-refractivity contribution in [3.8, 4) is 5.75 Å². The molecule has 0 fully saturated rings. The fraction of sp³-hybridized carbons (Fsp3) is 0.625. The molecule has 0 saturated heterocycles. The zero-order chi connectivity index (χ0) is 16.6. The minimum atomic E-state index is 0.495. The molecule has 1 aromatic rings. The van der Waals surface area contributed by atoms with E-state index in [2.05, 4.69) is 0 Å². The number of hydrogen-bond donors (Lipinski definition) is 1. The summed E-state index contributed by atoms with van der Waals surface area (Å²) in [7, 11) is 0. The number of alkyl halides is 1. The van der Waals surface area contributed by atoms with Crippen LogP contribution in [0.25, 0.3) is 0 Å². The monoisotopic (exact) mass is 347 g/mol. The van der Waals surface area contributed by atoms with Gasteiger partial charge in [-0.1, -0.05) is 0 Å². The van der Waals surface area contributed by atoms with E-state index >= 15 is 0 Å². The van der Waals surface area contributed by atoms with Crippen molar-refractivity contribution in [2.75, 3.05) is 71.1 Å². The van der Waals surface area contributed by atoms with E-state index in [9.17, 15) is 0 Å². The third-order valence-corrected chi connectivity index (χ3v) is 2.87. The summed E-state index contributed by atoms with van der Waals surface area (Å²) < 4.78 is 26.8. The minimum absolute atomic E-state index is 0.495. The molecule has 6 nitrogen and oxygen atoms in total. The second-order valence-corrected chi connectivity index (χ2v) is 4.93. The van der Waals surface area contributed by atoms with Gasteiger partial charge in [0.2, 0.25) is 0 Å². The molecule has 132 valence electrons. The van der Waals surface area contributed by atoms with Crippen LogP contribution in [0.3, 0.4) is 0 Å². The van der Waals surface area contributed by atoms with Crippen molar-refractivity contribution in [3.05, 3.63) is 24.3 Å². The molecule has 0 spiro atoms. The van der Waals surface area contributed by atoms with E-state index in [-0.39, 0.29) is 0 Å². The van der Waals surface area contributed by atoms with Gasteiger partial charge in [0.15, 0.2) is 0 Å². The summed E-state index contributed by atoms with van der Waals surface area (Å²) in [6.45, 7) is 4.84. The largest absolute Gasteiger partial charge is 0.491 e. The summed E-state index contributed by atoms with van der Waals surface area (Å²) in [6.07, 6.45) is 0. The minimum Gasteiger partial charge on any atom is -0.491 e. The van der Waals surface area contributed by atoms with Crippen LogP contribution in [0.2, 0.25) is 0 Å². The van der Waals surface area contributed by atoms with Gasteiger partial charge < -0.3 is 29.4 Å². The normalized spacial score (nSPS) is 10.8. The van der Waals surface area contributed by atoms with Crippen LogP contribution in [-0.2, 0) is 18.9 Å². The van der Waals surface area contributed by atoms with Crippen LogP contribution in [0.4, 0.5) is 5.69 Å². The SMILES string of the molecule is Nc1ccc(OCCOCCOCCOCCOCCCl)cc1. The molecule has 23 heavy (non-hydrogen) atoms. The molecule has 1 aromatic carbocycles. The van der Waals surface area contributed by atoms with Crippen LogP contribution in [0.1, 0.15) is 0 Å². The molecule has 0 saturated carbocycles. The van der Waals surface area contributed by atoms with Gasteiger partial charge in [-0.15, -0.1) is 11.6 Å². The first-order valence-corrected chi connectivity index (χ1v) is 8.21. The Bertz CT molecular complexity index is 377. The molecule has 2 N–H and O–H groups in total. The number of benzene rings is 1. The van der Waals surface area contributed by atoms with Gasteiger partial charge in [-0.05, 0) is 24.3 Å². The number of halogens is 1. The Kier molecular flexibility index (Phi) is 12.6. The maximum Gasteiger partial charge on any atom is 0.119 e. The molecule has 0 aliphatic carbocycles. The van der Waals surface area contributed by atoms with E-state index in [0.29, 0.717) is 65.3 Å². The van der Waals surface area contributed by atoms with Crippen molar-refractivity contribution >= 4 is 17.3 Å². The second-order valence-electron chi connectivity index (χ2n) is 4.56. The zero-order valence-corrected chi connectivity index (χ0v) is 14.1. The lowest BCUT2D eigenvalue weighted by Gasteiger charge is -2.08. The maximum atomic E-state index is 5.59. The second kappa shape index (κ2) is 14.5. The maximum absolute atomic E-state index is 5.59. The van der Waals surface area contributed by atoms with Crippen LogP contribution in [0.5, 0.6) is 5.75 Å². The molecule has 0 heterocycles. The highest BCUT2D eigenvalue weighted by Gasteiger charge is 1.95. The Morgan fingerprint density at radius 1 is 0.652 bits per heavy atom. The Morgan fingerprint density at radius 2 is 1.09 bits per heavy atom. The summed E-state index contributed by atoms with van der Waals surface area (Å²) in [5.74, 6) is 1.29. The number of nitrogens with two attached hydrogens (primary N) is 1. The quantitative estimate of drug-likeness (QED) is 0.297. The zero-order valence-electron chi connectivity index (χ0n) is 13.4. The van der Waals surface area contributed by atoms with Crippen LogP contribution < -0.4 is 10.5 Å². The van der Waals surface area contributed by atoms with Gasteiger partial charge in [0.25, 0.3) is 0 Å². The highest BCUT2D eigenvalue weighted by molar-refractivity contribution is 6.17. The predicted molar refractivity (Wildman–Crippen MR) is 90.3 cm³/mol. The van der Waals surface area contributed by atoms with Crippen LogP contribution in [-0.4, -0.2) is 65.3 Å². The summed E-state index contributed by atoms with van der Waals surface area (Å²) >= 11 is 5.47. The summed E-state index contributed by atoms with van der Waals surface area (Å²) in [5, 5.41) is 0. The molecule has 0 radical (unpaired) electrons. The molecular weight excluding hydrogens is 322 g/mol. The van der Waals surface area contributed by atoms with Crippen molar-refractivity contribution in [2.24, 2.45) is 0 Å². The topological polar surface area (TPSA) is 72.2 Å². The molecular formula is C16H26ClNO5. The molecule has 0 unspecified atom stereocenters. The Balaban J connectivity index is 1.77. The molecule has 0 bridgehead atoms. The van der Waals surface area contributed by atoms with E-state index in [1.165, 1.54) is 0 Å². The van der Waals surface area contributed by atoms with E-state index in [1.54, 1.807) is 12.1 Å². The molecule has 0 aliphatic heterocycles. The van der Waals surface area contributed by atoms with Gasteiger partial charge in [0.05, 0.1) is 52.9 Å². The van der Waals surface area contributed by atoms with E-state index in [0.717, 1.165) is 11.4 Å². The Morgan fingerprint density at radius 3 is 1.57 bits per heavy atom. The number of anilines is 1. The van der Waals surface area contributed by atoms with Gasteiger partial charge in [0.1, 0.15) is 12.4 Å². The average molecular weight is 348 g/mol. The van der Waals surface area contributed by atoms with E-state index in [1.807, 2.05) is 12.1 Å². The van der Waals surface area contributed by atoms with Gasteiger partial charge in [-0.25, -0.2) is 0 Å². The summed E-state index contributed by atoms with van der Waals surface area (Å²) in [5.41, 5.74) is 6.31. The van der Waals surface area contributed by atoms with Crippen LogP contribution in [0.15, 0.2) is 24.3 Å². The smallest absolute Gasteiger partial charge is 0.119 e. The fourth-order valence-corrected chi connectivity index (χ4v) is 1.71. The molecule has 7 heteroatoms. The lowest BCUT2D eigenvalue weighted by molar-refractivity contribution is -0.00326. The first kappa shape index (κ1) is 20.0. The van der Waals surface area contributed by atoms with Crippen LogP contribution in [0, 0.1) is 0 Å². The highest BCUT2D eigenvalue weighted by Crippen LogP contribution is 2.12. The first-order chi connectivity index (χ1) is 11.3. The molecule has 0 atom stereocenters. The standard InChI is InChI=1S/C16H26ClNO5/c17-5-6-19-7-8-20-9-10-21-11-12-22-13-14-23-16-3-1-15(18)2-4-16/h1-4H,5-14,18H2. The van der Waals surface area contributed by atoms with Crippen molar-refractivity contribution in [1.82, 2.24) is 0 Å². The Hall–Kier alpha value is -1.05. The van der Waals surface area contributed by atoms with Gasteiger partial charge in [0, 0.05) is 11.6 Å². The molecule has 0 aliphatic rings. The van der Waals surface area contributed by atoms with Crippen molar-refractivity contribution < 1.29 is 23.7 Å². The first-order valence-electron chi connectivity index (χ1n) is 7.68. The van der Waals surface area contributed by atoms with Crippen molar-refractivity contribution in [2.45, 2.75) is 0 Å². The Labute approximate surface area is 142 Å². The lowest BCUT2D eigenvalue weighted by Crippen LogP contribution is -2.14. The highest BCUT2D eigenvalue weighted by atomic mass is 35.5. The number of ether oxygens (including phenoxy) is 5. The number of nitrogen functional groups attached to an aromatic ring is 1. The third kappa shape index (κ3) is 12.1. The van der Waals surface area contributed by atoms with Crippen molar-refractivity contribution in [3.63, 3.8) is 0 Å². The van der Waals surface area contributed by atoms with Gasteiger partial charge >= 0.3 is 0 Å². The molecule has 0 aromatic heterocycles. The summed E-state index contributed by atoms with van der Waals surface area (Å²) in [4.78, 5) is 0. The predicted octanol–water partition coefficient (Wildman–Crippen LogP) is 1.95. The van der Waals surface area contributed by atoms with E-state index in [4.69, 9.17) is 41.0 Å². The molecule has 0 amide bonds. The van der Waals surface area contributed by atoms with Crippen LogP contribution >= 0.6 is 11.6 Å². The number of hydrogen-bond acceptors (Lipinski definition) is 6. The number of rotatable bonds is 15. The lowest BCUT2D eigenvalue weighted by atomic mass is 10.3. The van der Waals surface area contributed by atoms with Crippen molar-refractivity contribution in [1.29, 1.82) is 0 Å². The van der Waals surface area contributed by atoms with E-state index < -0.39 is 0 Å². The molecule has 1 rings (SSSR count).